The zero-order chi connectivity index (χ0) is 14.9. The number of hydrogen-bond donors (Lipinski definition) is 0. The molecule has 0 aromatic heterocycles. The van der Waals surface area contributed by atoms with Gasteiger partial charge in [-0.05, 0) is 34.1 Å². The Morgan fingerprint density at radius 1 is 1.32 bits per heavy atom. The Balaban J connectivity index is 2.50. The second kappa shape index (κ2) is 5.19. The first-order valence-electron chi connectivity index (χ1n) is 6.09. The molecule has 1 amide bonds. The van der Waals surface area contributed by atoms with E-state index in [0.29, 0.717) is 13.0 Å². The molecule has 1 atom stereocenters. The molecule has 0 spiro atoms. The molecule has 1 fully saturated rings. The average Bonchev–Trinajstić information content (AvgIpc) is 2.56. The molecule has 0 saturated carbocycles. The molecule has 7 heteroatoms. The lowest BCUT2D eigenvalue weighted by Gasteiger charge is -2.27. The van der Waals surface area contributed by atoms with Gasteiger partial charge in [0.25, 0.3) is 0 Å². The van der Waals surface area contributed by atoms with Gasteiger partial charge in [0.1, 0.15) is 12.2 Å². The largest absolute Gasteiger partial charge is 0.444 e. The zero-order valence-electron chi connectivity index (χ0n) is 11.6. The lowest BCUT2D eigenvalue weighted by Crippen LogP contribution is -2.40. The van der Waals surface area contributed by atoms with Crippen LogP contribution in [0, 0.1) is 0 Å². The second-order valence-corrected chi connectivity index (χ2v) is 6.01. The first-order chi connectivity index (χ1) is 8.40. The summed E-state index contributed by atoms with van der Waals surface area (Å²) in [6, 6.07) is 0. The van der Waals surface area contributed by atoms with Crippen molar-refractivity contribution in [3.63, 3.8) is 0 Å². The maximum Gasteiger partial charge on any atom is 0.411 e. The van der Waals surface area contributed by atoms with Crippen LogP contribution in [-0.4, -0.2) is 48.1 Å². The Morgan fingerprint density at radius 2 is 1.89 bits per heavy atom. The molecular weight excluding hydrogens is 263 g/mol. The van der Waals surface area contributed by atoms with Crippen molar-refractivity contribution in [1.29, 1.82) is 0 Å². The summed E-state index contributed by atoms with van der Waals surface area (Å²) in [4.78, 5) is 13.2. The van der Waals surface area contributed by atoms with Crippen LogP contribution in [0.3, 0.4) is 0 Å². The smallest absolute Gasteiger partial charge is 0.411 e. The van der Waals surface area contributed by atoms with Gasteiger partial charge in [0.2, 0.25) is 0 Å². The Hall–Kier alpha value is -0.980. The first kappa shape index (κ1) is 16.1. The summed E-state index contributed by atoms with van der Waals surface area (Å²) in [5, 5.41) is 0. The highest BCUT2D eigenvalue weighted by Crippen LogP contribution is 2.28. The molecule has 1 rings (SSSR count). The molecule has 1 saturated heterocycles. The molecule has 1 unspecified atom stereocenters. The van der Waals surface area contributed by atoms with Gasteiger partial charge in [-0.25, -0.2) is 4.79 Å². The van der Waals surface area contributed by atoms with Crippen LogP contribution in [0.1, 0.15) is 34.1 Å². The van der Waals surface area contributed by atoms with Crippen molar-refractivity contribution < 1.29 is 27.4 Å². The number of carbonyl (C=O) groups is 1. The van der Waals surface area contributed by atoms with Crippen molar-refractivity contribution in [1.82, 2.24) is 4.90 Å². The van der Waals surface area contributed by atoms with Crippen molar-refractivity contribution in [2.45, 2.75) is 51.5 Å². The van der Waals surface area contributed by atoms with E-state index in [1.165, 1.54) is 4.90 Å². The number of hydrogen-bond acceptors (Lipinski definition) is 3. The summed E-state index contributed by atoms with van der Waals surface area (Å²) >= 11 is 0. The maximum absolute atomic E-state index is 12.1. The Labute approximate surface area is 110 Å². The normalized spacial score (nSPS) is 24.7. The highest BCUT2D eigenvalue weighted by molar-refractivity contribution is 5.68. The Bertz CT molecular complexity index is 338. The van der Waals surface area contributed by atoms with E-state index < -0.39 is 30.1 Å². The summed E-state index contributed by atoms with van der Waals surface area (Å²) in [5.74, 6) is 0. The third-order valence-corrected chi connectivity index (χ3v) is 2.67. The number of alkyl halides is 3. The van der Waals surface area contributed by atoms with Crippen LogP contribution in [-0.2, 0) is 9.47 Å². The van der Waals surface area contributed by atoms with Crippen LogP contribution < -0.4 is 0 Å². The third-order valence-electron chi connectivity index (χ3n) is 2.67. The number of halogens is 3. The Morgan fingerprint density at radius 3 is 2.37 bits per heavy atom. The first-order valence-corrected chi connectivity index (χ1v) is 6.09. The monoisotopic (exact) mass is 283 g/mol. The topological polar surface area (TPSA) is 38.8 Å². The van der Waals surface area contributed by atoms with E-state index in [2.05, 4.69) is 0 Å². The molecule has 0 aromatic carbocycles. The van der Waals surface area contributed by atoms with Gasteiger partial charge in [0.05, 0.1) is 12.1 Å². The van der Waals surface area contributed by atoms with Gasteiger partial charge in [0, 0.05) is 6.54 Å². The van der Waals surface area contributed by atoms with E-state index in [1.807, 2.05) is 0 Å². The van der Waals surface area contributed by atoms with Crippen LogP contribution >= 0.6 is 0 Å². The molecule has 1 aliphatic heterocycles. The Kier molecular flexibility index (Phi) is 4.39. The lowest BCUT2D eigenvalue weighted by molar-refractivity contribution is -0.200. The summed E-state index contributed by atoms with van der Waals surface area (Å²) in [7, 11) is 0. The average molecular weight is 283 g/mol. The summed E-state index contributed by atoms with van der Waals surface area (Å²) in [6.07, 6.45) is -4.52. The molecule has 0 aliphatic carbocycles. The number of rotatable bonds is 2. The number of likely N-dealkylation sites (tertiary alicyclic amines) is 1. The number of amides is 1. The maximum atomic E-state index is 12.1. The fourth-order valence-electron chi connectivity index (χ4n) is 1.79. The van der Waals surface area contributed by atoms with Gasteiger partial charge in [-0.2, -0.15) is 13.2 Å². The van der Waals surface area contributed by atoms with Gasteiger partial charge < -0.3 is 14.4 Å². The van der Waals surface area contributed by atoms with Crippen molar-refractivity contribution in [3.8, 4) is 0 Å². The molecule has 0 aromatic rings. The SMILES string of the molecule is CC(C)(C)OC(=O)N1CCC(C)(OCC(F)(F)F)C1. The molecule has 1 heterocycles. The van der Waals surface area contributed by atoms with Gasteiger partial charge in [0.15, 0.2) is 0 Å². The minimum Gasteiger partial charge on any atom is -0.444 e. The van der Waals surface area contributed by atoms with E-state index in [0.717, 1.165) is 0 Å². The highest BCUT2D eigenvalue weighted by Gasteiger charge is 2.41. The highest BCUT2D eigenvalue weighted by atomic mass is 19.4. The van der Waals surface area contributed by atoms with E-state index in [4.69, 9.17) is 9.47 Å². The number of nitrogens with zero attached hydrogens (tertiary/aromatic N) is 1. The van der Waals surface area contributed by atoms with Crippen LogP contribution in [0.15, 0.2) is 0 Å². The fourth-order valence-corrected chi connectivity index (χ4v) is 1.79. The fraction of sp³-hybridized carbons (Fsp3) is 0.917. The lowest BCUT2D eigenvalue weighted by atomic mass is 10.1. The van der Waals surface area contributed by atoms with Crippen LogP contribution in [0.2, 0.25) is 0 Å². The minimum atomic E-state index is -4.36. The summed E-state index contributed by atoms with van der Waals surface area (Å²) < 4.78 is 46.4. The molecule has 112 valence electrons. The molecular formula is C12H20F3NO3. The van der Waals surface area contributed by atoms with Crippen LogP contribution in [0.4, 0.5) is 18.0 Å². The van der Waals surface area contributed by atoms with Crippen molar-refractivity contribution >= 4 is 6.09 Å². The molecule has 0 bridgehead atoms. The van der Waals surface area contributed by atoms with Gasteiger partial charge in [-0.15, -0.1) is 0 Å². The minimum absolute atomic E-state index is 0.109. The standard InChI is InChI=1S/C12H20F3NO3/c1-10(2,3)19-9(17)16-6-5-11(4,7-16)18-8-12(13,14)15/h5-8H2,1-4H3. The molecule has 0 radical (unpaired) electrons. The van der Waals surface area contributed by atoms with Crippen LogP contribution in [0.25, 0.3) is 0 Å². The molecule has 0 N–H and O–H groups in total. The predicted octanol–water partition coefficient (Wildman–Crippen LogP) is 2.96. The van der Waals surface area contributed by atoms with Crippen molar-refractivity contribution in [3.05, 3.63) is 0 Å². The van der Waals surface area contributed by atoms with E-state index in [1.54, 1.807) is 27.7 Å². The van der Waals surface area contributed by atoms with Gasteiger partial charge in [-0.1, -0.05) is 0 Å². The van der Waals surface area contributed by atoms with Crippen LogP contribution in [0.5, 0.6) is 0 Å². The third kappa shape index (κ3) is 5.67. The predicted molar refractivity (Wildman–Crippen MR) is 62.8 cm³/mol. The zero-order valence-corrected chi connectivity index (χ0v) is 11.6. The molecule has 4 nitrogen and oxygen atoms in total. The molecule has 1 aliphatic rings. The summed E-state index contributed by atoms with van der Waals surface area (Å²) in [5.41, 5.74) is -1.59. The van der Waals surface area contributed by atoms with Gasteiger partial charge >= 0.3 is 12.3 Å². The van der Waals surface area contributed by atoms with E-state index in [-0.39, 0.29) is 6.54 Å². The van der Waals surface area contributed by atoms with E-state index >= 15 is 0 Å². The number of ether oxygens (including phenoxy) is 2. The summed E-state index contributed by atoms with van der Waals surface area (Å²) in [6.45, 7) is 5.93. The van der Waals surface area contributed by atoms with Crippen molar-refractivity contribution in [2.24, 2.45) is 0 Å². The van der Waals surface area contributed by atoms with E-state index in [9.17, 15) is 18.0 Å². The van der Waals surface area contributed by atoms with Gasteiger partial charge in [-0.3, -0.25) is 0 Å². The second-order valence-electron chi connectivity index (χ2n) is 6.01. The number of carbonyl (C=O) groups excluding carboxylic acids is 1. The molecule has 19 heavy (non-hydrogen) atoms. The quantitative estimate of drug-likeness (QED) is 0.782. The van der Waals surface area contributed by atoms with Crippen molar-refractivity contribution in [2.75, 3.05) is 19.7 Å².